The monoisotopic (exact) mass is 568 g/mol. The number of halogens is 4. The molecule has 2 aromatic carbocycles. The van der Waals surface area contributed by atoms with Crippen molar-refractivity contribution >= 4 is 79.7 Å². The van der Waals surface area contributed by atoms with Gasteiger partial charge in [-0.3, -0.25) is 9.36 Å². The second kappa shape index (κ2) is 10.2. The van der Waals surface area contributed by atoms with Crippen LogP contribution in [0.1, 0.15) is 11.1 Å². The molecule has 0 saturated heterocycles. The summed E-state index contributed by atoms with van der Waals surface area (Å²) in [7, 11) is 0. The number of nitrogens with one attached hydrogen (secondary N) is 2. The molecular weight excluding hydrogens is 555 g/mol. The molecule has 2 aromatic heterocycles. The number of hydrogen-bond acceptors (Lipinski definition) is 3. The predicted octanol–water partition coefficient (Wildman–Crippen LogP) is 6.71. The molecule has 11 heteroatoms. The average molecular weight is 571 g/mol. The molecular formula is C21H16BrCl3N6S. The molecule has 2 heterocycles. The molecule has 0 atom stereocenters. The second-order valence-electron chi connectivity index (χ2n) is 6.84. The number of rotatable bonds is 6. The van der Waals surface area contributed by atoms with Crippen molar-refractivity contribution in [2.24, 2.45) is 0 Å². The summed E-state index contributed by atoms with van der Waals surface area (Å²) in [6.07, 6.45) is 3.58. The fraction of sp³-hybridized carbons (Fsp3) is 0.0952. The maximum absolute atomic E-state index is 6.33. The summed E-state index contributed by atoms with van der Waals surface area (Å²) >= 11 is 27.4. The van der Waals surface area contributed by atoms with Crippen LogP contribution in [0.2, 0.25) is 15.1 Å². The second-order valence-corrected chi connectivity index (χ2v) is 9.36. The van der Waals surface area contributed by atoms with Crippen LogP contribution in [0, 0.1) is 0 Å². The number of thiocarbonyl (C=S) groups is 1. The van der Waals surface area contributed by atoms with Gasteiger partial charge in [0.05, 0.1) is 17.6 Å². The Kier molecular flexibility index (Phi) is 7.37. The van der Waals surface area contributed by atoms with Gasteiger partial charge in [-0.15, -0.1) is 0 Å². The first-order valence-electron chi connectivity index (χ1n) is 9.39. The van der Waals surface area contributed by atoms with Crippen LogP contribution in [-0.4, -0.2) is 24.7 Å². The highest BCUT2D eigenvalue weighted by molar-refractivity contribution is 9.10. The van der Waals surface area contributed by atoms with Gasteiger partial charge in [0.25, 0.3) is 0 Å². The van der Waals surface area contributed by atoms with E-state index < -0.39 is 0 Å². The number of nitrogens with zero attached hydrogens (tertiary/aromatic N) is 4. The summed E-state index contributed by atoms with van der Waals surface area (Å²) in [6.45, 7) is 1.08. The third-order valence-electron chi connectivity index (χ3n) is 4.45. The zero-order chi connectivity index (χ0) is 22.7. The standard InChI is InChI=1S/C21H16BrCl3N6S/c22-16-11-31(10-14-3-1-2-4-17(14)24)28-19(16)26-21(32)27-20-18(25)12-30(29-20)9-13-5-7-15(23)8-6-13/h1-8,11-12H,9-10H2,(H2,26,27,28,29,32). The summed E-state index contributed by atoms with van der Waals surface area (Å²) in [5.41, 5.74) is 2.02. The summed E-state index contributed by atoms with van der Waals surface area (Å²) in [5, 5.41) is 17.2. The highest BCUT2D eigenvalue weighted by Crippen LogP contribution is 2.24. The zero-order valence-electron chi connectivity index (χ0n) is 16.4. The molecule has 0 fully saturated rings. The molecule has 0 bridgehead atoms. The van der Waals surface area contributed by atoms with E-state index in [-0.39, 0.29) is 0 Å². The Labute approximate surface area is 213 Å². The zero-order valence-corrected chi connectivity index (χ0v) is 21.1. The molecule has 0 saturated carbocycles. The van der Waals surface area contributed by atoms with Crippen LogP contribution in [0.5, 0.6) is 0 Å². The van der Waals surface area contributed by atoms with E-state index >= 15 is 0 Å². The lowest BCUT2D eigenvalue weighted by molar-refractivity contribution is 0.689. The number of benzene rings is 2. The van der Waals surface area contributed by atoms with E-state index in [2.05, 4.69) is 36.8 Å². The lowest BCUT2D eigenvalue weighted by Crippen LogP contribution is -2.20. The molecule has 6 nitrogen and oxygen atoms in total. The van der Waals surface area contributed by atoms with Crippen LogP contribution in [0.15, 0.2) is 65.4 Å². The van der Waals surface area contributed by atoms with E-state index in [0.29, 0.717) is 44.9 Å². The summed E-state index contributed by atoms with van der Waals surface area (Å²) in [4.78, 5) is 0. The first kappa shape index (κ1) is 23.1. The molecule has 0 amide bonds. The Morgan fingerprint density at radius 1 is 0.844 bits per heavy atom. The quantitative estimate of drug-likeness (QED) is 0.253. The lowest BCUT2D eigenvalue weighted by Gasteiger charge is -2.07. The fourth-order valence-electron chi connectivity index (χ4n) is 2.95. The minimum Gasteiger partial charge on any atom is -0.315 e. The molecule has 0 unspecified atom stereocenters. The smallest absolute Gasteiger partial charge is 0.177 e. The van der Waals surface area contributed by atoms with Gasteiger partial charge < -0.3 is 10.6 Å². The third kappa shape index (κ3) is 5.82. The third-order valence-corrected chi connectivity index (χ3v) is 6.13. The van der Waals surface area contributed by atoms with Crippen LogP contribution < -0.4 is 10.6 Å². The van der Waals surface area contributed by atoms with Crippen molar-refractivity contribution in [3.8, 4) is 0 Å². The Morgan fingerprint density at radius 3 is 2.25 bits per heavy atom. The van der Waals surface area contributed by atoms with Gasteiger partial charge >= 0.3 is 0 Å². The largest absolute Gasteiger partial charge is 0.315 e. The predicted molar refractivity (Wildman–Crippen MR) is 138 cm³/mol. The van der Waals surface area contributed by atoms with Gasteiger partial charge in [-0.2, -0.15) is 10.2 Å². The summed E-state index contributed by atoms with van der Waals surface area (Å²) in [5.74, 6) is 1.01. The van der Waals surface area contributed by atoms with Gasteiger partial charge in [-0.25, -0.2) is 0 Å². The van der Waals surface area contributed by atoms with Crippen molar-refractivity contribution in [1.29, 1.82) is 0 Å². The van der Waals surface area contributed by atoms with E-state index in [1.165, 1.54) is 0 Å². The first-order valence-corrected chi connectivity index (χ1v) is 11.7. The van der Waals surface area contributed by atoms with Crippen LogP contribution in [0.25, 0.3) is 0 Å². The van der Waals surface area contributed by atoms with E-state index in [0.717, 1.165) is 15.6 Å². The number of aromatic nitrogens is 4. The summed E-state index contributed by atoms with van der Waals surface area (Å²) in [6, 6.07) is 15.2. The van der Waals surface area contributed by atoms with Crippen LogP contribution >= 0.6 is 63.0 Å². The van der Waals surface area contributed by atoms with Crippen LogP contribution in [-0.2, 0) is 13.1 Å². The van der Waals surface area contributed by atoms with Gasteiger partial charge in [0.1, 0.15) is 5.02 Å². The SMILES string of the molecule is S=C(Nc1nn(Cc2ccc(Cl)cc2)cc1Cl)Nc1nn(Cc2ccccc2Cl)cc1Br. The number of anilines is 2. The van der Waals surface area contributed by atoms with E-state index in [1.807, 2.05) is 54.7 Å². The Bertz CT molecular complexity index is 1250. The molecule has 4 rings (SSSR count). The van der Waals surface area contributed by atoms with Gasteiger partial charge in [-0.1, -0.05) is 65.1 Å². The van der Waals surface area contributed by atoms with Gasteiger partial charge in [-0.05, 0) is 57.5 Å². The topological polar surface area (TPSA) is 59.7 Å². The first-order chi connectivity index (χ1) is 15.4. The Hall–Kier alpha value is -2.10. The molecule has 164 valence electrons. The van der Waals surface area contributed by atoms with E-state index in [1.54, 1.807) is 15.6 Å². The maximum atomic E-state index is 6.33. The summed E-state index contributed by atoms with van der Waals surface area (Å²) < 4.78 is 4.25. The maximum Gasteiger partial charge on any atom is 0.177 e. The van der Waals surface area contributed by atoms with Crippen molar-refractivity contribution in [3.63, 3.8) is 0 Å². The minimum absolute atomic E-state index is 0.312. The van der Waals surface area contributed by atoms with Gasteiger partial charge in [0.15, 0.2) is 16.7 Å². The Balaban J connectivity index is 1.40. The van der Waals surface area contributed by atoms with Crippen molar-refractivity contribution in [2.45, 2.75) is 13.1 Å². The van der Waals surface area contributed by atoms with E-state index in [4.69, 9.17) is 47.0 Å². The molecule has 0 aliphatic carbocycles. The van der Waals surface area contributed by atoms with Crippen LogP contribution in [0.4, 0.5) is 11.6 Å². The van der Waals surface area contributed by atoms with E-state index in [9.17, 15) is 0 Å². The lowest BCUT2D eigenvalue weighted by atomic mass is 10.2. The van der Waals surface area contributed by atoms with Crippen LogP contribution in [0.3, 0.4) is 0 Å². The average Bonchev–Trinajstić information content (AvgIpc) is 3.26. The molecule has 32 heavy (non-hydrogen) atoms. The van der Waals surface area contributed by atoms with Crippen molar-refractivity contribution in [2.75, 3.05) is 10.6 Å². The van der Waals surface area contributed by atoms with Crippen molar-refractivity contribution < 1.29 is 0 Å². The highest BCUT2D eigenvalue weighted by atomic mass is 79.9. The Morgan fingerprint density at radius 2 is 1.50 bits per heavy atom. The minimum atomic E-state index is 0.312. The van der Waals surface area contributed by atoms with Gasteiger partial charge in [0.2, 0.25) is 0 Å². The molecule has 0 aliphatic heterocycles. The number of hydrogen-bond donors (Lipinski definition) is 2. The molecule has 0 radical (unpaired) electrons. The fourth-order valence-corrected chi connectivity index (χ4v) is 4.08. The highest BCUT2D eigenvalue weighted by Gasteiger charge is 2.13. The molecule has 2 N–H and O–H groups in total. The molecule has 0 spiro atoms. The normalized spacial score (nSPS) is 10.9. The van der Waals surface area contributed by atoms with Gasteiger partial charge in [0, 0.05) is 22.4 Å². The van der Waals surface area contributed by atoms with Crippen molar-refractivity contribution in [1.82, 2.24) is 19.6 Å². The molecule has 0 aliphatic rings. The molecule has 4 aromatic rings. The van der Waals surface area contributed by atoms with Crippen molar-refractivity contribution in [3.05, 3.63) is 91.6 Å².